The van der Waals surface area contributed by atoms with Crippen molar-refractivity contribution < 1.29 is 14.5 Å². The lowest BCUT2D eigenvalue weighted by Crippen LogP contribution is -1.99. The molecule has 12 heteroatoms. The number of thiophene rings is 1. The van der Waals surface area contributed by atoms with Crippen LogP contribution in [0.4, 0.5) is 5.13 Å². The number of hydrogen-bond donors (Lipinski definition) is 0. The molecule has 0 unspecified atom stereocenters. The molecular formula is C16H13N6O3S3+. The van der Waals surface area contributed by atoms with Gasteiger partial charge in [0.05, 0.1) is 17.7 Å². The molecule has 0 aliphatic rings. The van der Waals surface area contributed by atoms with E-state index in [0.717, 1.165) is 33.5 Å². The maximum atomic E-state index is 11.5. The molecule has 0 aliphatic heterocycles. The highest BCUT2D eigenvalue weighted by atomic mass is 32.2. The van der Waals surface area contributed by atoms with E-state index in [1.54, 1.807) is 18.4 Å². The third kappa shape index (κ3) is 3.61. The number of aromatic nitrogens is 5. The van der Waals surface area contributed by atoms with E-state index in [0.29, 0.717) is 14.4 Å². The first kappa shape index (κ1) is 18.5. The fourth-order valence-electron chi connectivity index (χ4n) is 2.34. The molecule has 0 saturated heterocycles. The Labute approximate surface area is 171 Å². The summed E-state index contributed by atoms with van der Waals surface area (Å²) in [5.74, 6) is 1.47. The summed E-state index contributed by atoms with van der Waals surface area (Å²) >= 11 is 3.96. The molecule has 0 radical (unpaired) electrons. The van der Waals surface area contributed by atoms with Crippen LogP contribution in [0.25, 0.3) is 16.4 Å². The van der Waals surface area contributed by atoms with Crippen LogP contribution in [0.2, 0.25) is 0 Å². The van der Waals surface area contributed by atoms with E-state index in [-0.39, 0.29) is 5.13 Å². The third-order valence-corrected chi connectivity index (χ3v) is 6.34. The number of nitrogens with zero attached hydrogens (tertiary/aromatic N) is 6. The Morgan fingerprint density at radius 3 is 2.57 bits per heavy atom. The third-order valence-electron chi connectivity index (χ3n) is 3.60. The molecule has 3 heterocycles. The average Bonchev–Trinajstić information content (AvgIpc) is 3.48. The van der Waals surface area contributed by atoms with Crippen LogP contribution in [0, 0.1) is 4.91 Å². The highest BCUT2D eigenvalue weighted by molar-refractivity contribution is 8.00. The first-order chi connectivity index (χ1) is 13.7. The van der Waals surface area contributed by atoms with Crippen LogP contribution in [-0.2, 0) is 4.84 Å². The second kappa shape index (κ2) is 8.04. The fourth-order valence-corrected chi connectivity index (χ4v) is 4.72. The highest BCUT2D eigenvalue weighted by Gasteiger charge is 2.25. The van der Waals surface area contributed by atoms with Gasteiger partial charge in [0.1, 0.15) is 18.0 Å². The summed E-state index contributed by atoms with van der Waals surface area (Å²) < 4.78 is 7.73. The van der Waals surface area contributed by atoms with E-state index < -0.39 is 0 Å². The summed E-state index contributed by atoms with van der Waals surface area (Å²) in [6, 6.07) is 11.6. The van der Waals surface area contributed by atoms with Gasteiger partial charge in [-0.05, 0) is 68.8 Å². The first-order valence-corrected chi connectivity index (χ1v) is 10.4. The average molecular weight is 434 g/mol. The molecule has 4 aromatic rings. The Balaban J connectivity index is 1.74. The van der Waals surface area contributed by atoms with Crippen molar-refractivity contribution in [3.05, 3.63) is 46.7 Å². The minimum atomic E-state index is 0.110. The smallest absolute Gasteiger partial charge is 0.493 e. The van der Waals surface area contributed by atoms with Crippen LogP contribution in [0.1, 0.15) is 0 Å². The van der Waals surface area contributed by atoms with Crippen LogP contribution >= 0.6 is 34.4 Å². The molecule has 1 aromatic carbocycles. The Kier molecular flexibility index (Phi) is 5.32. The molecule has 142 valence electrons. The molecule has 0 fully saturated rings. The minimum absolute atomic E-state index is 0.110. The summed E-state index contributed by atoms with van der Waals surface area (Å²) in [7, 11) is 2.90. The second-order valence-electron chi connectivity index (χ2n) is 5.21. The topological polar surface area (TPSA) is 95.0 Å². The summed E-state index contributed by atoms with van der Waals surface area (Å²) in [6.07, 6.45) is 0. The van der Waals surface area contributed by atoms with Gasteiger partial charge in [-0.3, -0.25) is 4.57 Å². The summed E-state index contributed by atoms with van der Waals surface area (Å²) in [5, 5.41) is 19.2. The molecule has 0 aliphatic carbocycles. The van der Waals surface area contributed by atoms with Gasteiger partial charge in [-0.25, -0.2) is 0 Å². The maximum Gasteiger partial charge on any atom is 0.493 e. The van der Waals surface area contributed by atoms with Crippen LogP contribution in [0.15, 0.2) is 51.3 Å². The zero-order valence-electron chi connectivity index (χ0n) is 14.7. The summed E-state index contributed by atoms with van der Waals surface area (Å²) in [4.78, 5) is 17.4. The van der Waals surface area contributed by atoms with Crippen LogP contribution < -0.4 is 4.74 Å². The number of hydrogen-bond acceptors (Lipinski definition) is 10. The van der Waals surface area contributed by atoms with Gasteiger partial charge in [-0.1, -0.05) is 6.07 Å². The van der Waals surface area contributed by atoms with Gasteiger partial charge in [0.2, 0.25) is 9.50 Å². The van der Waals surface area contributed by atoms with Crippen molar-refractivity contribution in [3.63, 3.8) is 0 Å². The van der Waals surface area contributed by atoms with E-state index in [9.17, 15) is 4.91 Å². The molecule has 0 spiro atoms. The molecule has 28 heavy (non-hydrogen) atoms. The fraction of sp³-hybridized carbons (Fsp3) is 0.125. The Morgan fingerprint density at radius 1 is 1.07 bits per heavy atom. The first-order valence-electron chi connectivity index (χ1n) is 7.86. The quantitative estimate of drug-likeness (QED) is 0.404. The van der Waals surface area contributed by atoms with E-state index in [1.807, 2.05) is 46.3 Å². The van der Waals surface area contributed by atoms with Crippen molar-refractivity contribution in [2.24, 2.45) is 0 Å². The zero-order chi connectivity index (χ0) is 19.5. The van der Waals surface area contributed by atoms with Gasteiger partial charge >= 0.3 is 5.13 Å². The minimum Gasteiger partial charge on any atom is -0.497 e. The van der Waals surface area contributed by atoms with Crippen molar-refractivity contribution in [2.75, 3.05) is 14.2 Å². The second-order valence-corrected chi connectivity index (χ2v) is 8.33. The van der Waals surface area contributed by atoms with Crippen molar-refractivity contribution in [1.29, 1.82) is 0 Å². The van der Waals surface area contributed by atoms with E-state index in [2.05, 4.69) is 25.2 Å². The lowest BCUT2D eigenvalue weighted by atomic mass is 10.3. The molecule has 0 saturated carbocycles. The van der Waals surface area contributed by atoms with Gasteiger partial charge in [0.25, 0.3) is 0 Å². The normalized spacial score (nSPS) is 10.8. The summed E-state index contributed by atoms with van der Waals surface area (Å²) in [5.41, 5.74) is 0.879. The Bertz CT molecular complexity index is 1090. The molecule has 0 bridgehead atoms. The molecular weight excluding hydrogens is 420 g/mol. The van der Waals surface area contributed by atoms with Crippen molar-refractivity contribution in [3.8, 4) is 22.1 Å². The predicted octanol–water partition coefficient (Wildman–Crippen LogP) is 3.98. The molecule has 4 rings (SSSR count). The van der Waals surface area contributed by atoms with Gasteiger partial charge < -0.3 is 9.57 Å². The highest BCUT2D eigenvalue weighted by Crippen LogP contribution is 2.36. The number of methoxy groups -OCH3 is 1. The Morgan fingerprint density at radius 2 is 1.89 bits per heavy atom. The van der Waals surface area contributed by atoms with E-state index in [4.69, 9.17) is 4.74 Å². The van der Waals surface area contributed by atoms with Crippen LogP contribution in [-0.4, -0.2) is 44.1 Å². The van der Waals surface area contributed by atoms with E-state index >= 15 is 0 Å². The Hall–Kier alpha value is -2.83. The van der Waals surface area contributed by atoms with Crippen molar-refractivity contribution in [1.82, 2.24) is 25.0 Å². The van der Waals surface area contributed by atoms with Gasteiger partial charge in [-0.15, -0.1) is 21.5 Å². The molecule has 0 atom stereocenters. The van der Waals surface area contributed by atoms with Crippen molar-refractivity contribution >= 4 is 39.6 Å². The van der Waals surface area contributed by atoms with Gasteiger partial charge in [0, 0.05) is 0 Å². The van der Waals surface area contributed by atoms with Crippen LogP contribution in [0.5, 0.6) is 5.75 Å². The zero-order valence-corrected chi connectivity index (χ0v) is 17.1. The SMILES string of the molecule is COc1ccc(-n2c(Sc3nnc([N+](=O)OC)s3)nnc2-c2cccs2)cc1. The standard InChI is InChI=1S/C16H13N6O3S3/c1-24-11-7-5-10(6-8-11)21-13(12-4-3-9-26-12)17-18-14(21)27-16-20-19-15(28-16)22(23)25-2/h3-9H,1-2H3/q+1. The molecule has 0 amide bonds. The largest absolute Gasteiger partial charge is 0.497 e. The lowest BCUT2D eigenvalue weighted by molar-refractivity contribution is -0.736. The molecule has 3 aromatic heterocycles. The number of rotatable bonds is 7. The monoisotopic (exact) mass is 433 g/mol. The summed E-state index contributed by atoms with van der Waals surface area (Å²) in [6.45, 7) is 0. The van der Waals surface area contributed by atoms with Gasteiger partial charge in [0.15, 0.2) is 10.7 Å². The predicted molar refractivity (Wildman–Crippen MR) is 106 cm³/mol. The van der Waals surface area contributed by atoms with Crippen LogP contribution in [0.3, 0.4) is 0 Å². The number of ether oxygens (including phenoxy) is 1. The molecule has 0 N–H and O–H groups in total. The van der Waals surface area contributed by atoms with Gasteiger partial charge in [-0.2, -0.15) is 0 Å². The van der Waals surface area contributed by atoms with E-state index in [1.165, 1.54) is 18.9 Å². The van der Waals surface area contributed by atoms with Crippen molar-refractivity contribution in [2.45, 2.75) is 9.50 Å². The number of benzene rings is 1. The maximum absolute atomic E-state index is 11.5. The lowest BCUT2D eigenvalue weighted by Gasteiger charge is -2.09. The molecule has 9 nitrogen and oxygen atoms in total.